The van der Waals surface area contributed by atoms with Crippen LogP contribution in [0.2, 0.25) is 0 Å². The summed E-state index contributed by atoms with van der Waals surface area (Å²) in [6.07, 6.45) is 15.3. The molecule has 316 valence electrons. The molecule has 0 amide bonds. The fraction of sp³-hybridized carbons (Fsp3) is 0.0484. The van der Waals surface area contributed by atoms with Crippen molar-refractivity contribution in [1.29, 1.82) is 0 Å². The second kappa shape index (κ2) is 14.7. The summed E-state index contributed by atoms with van der Waals surface area (Å²) in [5.41, 5.74) is 14.7. The monoisotopic (exact) mass is 859 g/mol. The van der Waals surface area contributed by atoms with Gasteiger partial charge in [-0.25, -0.2) is 0 Å². The first-order chi connectivity index (χ1) is 33.1. The molecule has 9 aromatic carbocycles. The summed E-state index contributed by atoms with van der Waals surface area (Å²) >= 11 is 0. The normalized spacial score (nSPS) is 15.6. The minimum atomic E-state index is -0.0268. The molecule has 0 saturated carbocycles. The lowest BCUT2D eigenvalue weighted by molar-refractivity contribution is 0.670. The van der Waals surface area contributed by atoms with Gasteiger partial charge in [0, 0.05) is 67.6 Å². The first-order valence-electron chi connectivity index (χ1n) is 23.0. The average Bonchev–Trinajstić information content (AvgIpc) is 3.97. The Kier molecular flexibility index (Phi) is 8.25. The molecule has 5 heteroatoms. The highest BCUT2D eigenvalue weighted by Crippen LogP contribution is 2.52. The third-order valence-corrected chi connectivity index (χ3v) is 14.0. The van der Waals surface area contributed by atoms with E-state index in [1.165, 1.54) is 21.6 Å². The number of allylic oxidation sites excluding steroid dienone is 3. The number of anilines is 2. The van der Waals surface area contributed by atoms with Gasteiger partial charge in [0.2, 0.25) is 0 Å². The van der Waals surface area contributed by atoms with Gasteiger partial charge in [0.1, 0.15) is 29.0 Å². The van der Waals surface area contributed by atoms with Crippen molar-refractivity contribution in [2.45, 2.75) is 13.0 Å². The Morgan fingerprint density at radius 3 is 2.09 bits per heavy atom. The Labute approximate surface area is 386 Å². The quantitative estimate of drug-likeness (QED) is 0.162. The summed E-state index contributed by atoms with van der Waals surface area (Å²) < 4.78 is 14.5. The van der Waals surface area contributed by atoms with Crippen molar-refractivity contribution in [2.75, 3.05) is 16.5 Å². The minimum absolute atomic E-state index is 0.0268. The molecule has 2 aliphatic heterocycles. The van der Waals surface area contributed by atoms with Crippen molar-refractivity contribution in [3.63, 3.8) is 0 Å². The Bertz CT molecular complexity index is 4140. The van der Waals surface area contributed by atoms with Crippen LogP contribution >= 0.6 is 0 Å². The lowest BCUT2D eigenvalue weighted by Crippen LogP contribution is -2.44. The molecule has 11 aromatic rings. The summed E-state index contributed by atoms with van der Waals surface area (Å²) in [7, 11) is 0. The van der Waals surface area contributed by atoms with Crippen molar-refractivity contribution >= 4 is 94.8 Å². The summed E-state index contributed by atoms with van der Waals surface area (Å²) in [6, 6.07) is 61.2. The molecule has 0 N–H and O–H groups in total. The maximum Gasteiger partial charge on any atom is 0.144 e. The summed E-state index contributed by atoms with van der Waals surface area (Å²) in [5.74, 6) is 0. The van der Waals surface area contributed by atoms with Crippen molar-refractivity contribution in [2.24, 2.45) is 4.99 Å². The van der Waals surface area contributed by atoms with Crippen LogP contribution in [-0.2, 0) is 0 Å². The number of nitrogens with zero attached hydrogens (tertiary/aromatic N) is 3. The number of hydrogen-bond acceptors (Lipinski definition) is 5. The van der Waals surface area contributed by atoms with E-state index in [-0.39, 0.29) is 6.04 Å². The summed E-state index contributed by atoms with van der Waals surface area (Å²) in [6.45, 7) is 2.76. The largest absolute Gasteiger partial charge is 0.455 e. The fourth-order valence-electron chi connectivity index (χ4n) is 10.9. The van der Waals surface area contributed by atoms with Crippen LogP contribution in [0.25, 0.3) is 111 Å². The van der Waals surface area contributed by atoms with Gasteiger partial charge in [0.05, 0.1) is 11.7 Å². The molecule has 0 spiro atoms. The van der Waals surface area contributed by atoms with Crippen LogP contribution in [0, 0.1) is 0 Å². The number of fused-ring (bicyclic) bond motifs is 13. The summed E-state index contributed by atoms with van der Waals surface area (Å²) in [5, 5.41) is 11.1. The molecule has 14 rings (SSSR count). The third kappa shape index (κ3) is 5.84. The van der Waals surface area contributed by atoms with E-state index in [0.29, 0.717) is 6.67 Å². The molecular formula is C62H41N3O2. The van der Waals surface area contributed by atoms with E-state index < -0.39 is 0 Å². The van der Waals surface area contributed by atoms with E-state index in [4.69, 9.17) is 8.83 Å². The fourth-order valence-corrected chi connectivity index (χ4v) is 10.9. The van der Waals surface area contributed by atoms with Gasteiger partial charge < -0.3 is 18.6 Å². The van der Waals surface area contributed by atoms with Crippen molar-refractivity contribution in [3.8, 4) is 33.4 Å². The predicted octanol–water partition coefficient (Wildman–Crippen LogP) is 14.4. The number of furan rings is 2. The van der Waals surface area contributed by atoms with Gasteiger partial charge in [-0.3, -0.25) is 4.99 Å². The van der Waals surface area contributed by atoms with E-state index >= 15 is 0 Å². The molecule has 1 unspecified atom stereocenters. The molecule has 2 aromatic heterocycles. The van der Waals surface area contributed by atoms with Gasteiger partial charge in [0.15, 0.2) is 0 Å². The van der Waals surface area contributed by atoms with Crippen molar-refractivity contribution in [3.05, 3.63) is 216 Å². The van der Waals surface area contributed by atoms with Crippen LogP contribution in [-0.4, -0.2) is 18.9 Å². The van der Waals surface area contributed by atoms with Gasteiger partial charge in [-0.2, -0.15) is 0 Å². The molecule has 5 nitrogen and oxygen atoms in total. The Morgan fingerprint density at radius 1 is 0.552 bits per heavy atom. The highest BCUT2D eigenvalue weighted by molar-refractivity contribution is 6.37. The smallest absolute Gasteiger partial charge is 0.144 e. The Balaban J connectivity index is 1.19. The second-order valence-corrected chi connectivity index (χ2v) is 17.9. The van der Waals surface area contributed by atoms with E-state index in [1.807, 2.05) is 12.3 Å². The molecule has 67 heavy (non-hydrogen) atoms. The molecule has 1 aliphatic carbocycles. The zero-order valence-electron chi connectivity index (χ0n) is 36.6. The van der Waals surface area contributed by atoms with Crippen LogP contribution in [0.1, 0.15) is 6.92 Å². The molecule has 1 atom stereocenters. The van der Waals surface area contributed by atoms with Crippen LogP contribution < -0.4 is 20.2 Å². The van der Waals surface area contributed by atoms with Gasteiger partial charge in [0.25, 0.3) is 0 Å². The minimum Gasteiger partial charge on any atom is -0.455 e. The van der Waals surface area contributed by atoms with Gasteiger partial charge in [-0.15, -0.1) is 0 Å². The highest BCUT2D eigenvalue weighted by Gasteiger charge is 2.30. The highest BCUT2D eigenvalue weighted by atomic mass is 16.3. The lowest BCUT2D eigenvalue weighted by Gasteiger charge is -2.35. The molecule has 0 fully saturated rings. The van der Waals surface area contributed by atoms with Crippen molar-refractivity contribution < 1.29 is 8.83 Å². The number of hydrogen-bond donors (Lipinski definition) is 0. The number of aliphatic imine (C=N–C) groups is 1. The van der Waals surface area contributed by atoms with Crippen LogP contribution in [0.3, 0.4) is 0 Å². The molecular weight excluding hydrogens is 819 g/mol. The zero-order valence-corrected chi connectivity index (χ0v) is 36.6. The predicted molar refractivity (Wildman–Crippen MR) is 280 cm³/mol. The van der Waals surface area contributed by atoms with E-state index in [0.717, 1.165) is 110 Å². The Hall–Kier alpha value is -8.67. The first kappa shape index (κ1) is 37.7. The molecule has 3 aliphatic rings. The van der Waals surface area contributed by atoms with Crippen molar-refractivity contribution in [1.82, 2.24) is 0 Å². The average molecular weight is 860 g/mol. The van der Waals surface area contributed by atoms with Gasteiger partial charge >= 0.3 is 0 Å². The Morgan fingerprint density at radius 2 is 1.30 bits per heavy atom. The van der Waals surface area contributed by atoms with Crippen LogP contribution in [0.4, 0.5) is 11.4 Å². The number of rotatable bonds is 5. The molecule has 0 saturated heterocycles. The van der Waals surface area contributed by atoms with Crippen LogP contribution in [0.5, 0.6) is 0 Å². The van der Waals surface area contributed by atoms with Crippen LogP contribution in [0.15, 0.2) is 220 Å². The third-order valence-electron chi connectivity index (χ3n) is 14.0. The van der Waals surface area contributed by atoms with Gasteiger partial charge in [-0.05, 0) is 111 Å². The maximum atomic E-state index is 7.30. The standard InChI is InChI=1S/C62H41N3O2/c1-38-22-25-47-46-21-12-11-20-43(46)36-65(53(47)30-38)54-32-44-31-49(40-16-7-3-8-17-40)58-52-34-45(64-29-13-28-63-37-64)24-27-55(52)66-62(58)57(44)59-51(54)35-50(41-18-9-4-10-19-41)61-60(59)48-26-23-42(33-56(48)67-61)39-14-5-2-6-15-39/h2-36,53H,37H2,1H3. The topological polar surface area (TPSA) is 45.1 Å². The van der Waals surface area contributed by atoms with Gasteiger partial charge in [-0.1, -0.05) is 145 Å². The zero-order chi connectivity index (χ0) is 44.2. The van der Waals surface area contributed by atoms with E-state index in [1.54, 1.807) is 0 Å². The second-order valence-electron chi connectivity index (χ2n) is 17.9. The molecule has 0 radical (unpaired) electrons. The SMILES string of the molecule is CC1=CC2C(=c3ccccc3=CN2c2cc3cc(-c4ccccc4)c4c5cc(N6C=CC=NC6)ccc5oc4c3c3c2cc(-c2ccccc2)c2oc4cc(-c5ccccc5)ccc4c23)C=C1. The molecule has 4 heterocycles. The number of benzene rings is 9. The van der Waals surface area contributed by atoms with E-state index in [9.17, 15) is 0 Å². The first-order valence-corrected chi connectivity index (χ1v) is 23.0. The molecule has 0 bridgehead atoms. The summed E-state index contributed by atoms with van der Waals surface area (Å²) in [4.78, 5) is 9.24. The lowest BCUT2D eigenvalue weighted by atomic mass is 9.87. The maximum absolute atomic E-state index is 7.30. The van der Waals surface area contributed by atoms with E-state index in [2.05, 4.69) is 222 Å².